The number of amides is 2. The Morgan fingerprint density at radius 1 is 1.22 bits per heavy atom. The third-order valence-electron chi connectivity index (χ3n) is 5.39. The predicted octanol–water partition coefficient (Wildman–Crippen LogP) is 3.72. The van der Waals surface area contributed by atoms with Gasteiger partial charge in [0, 0.05) is 4.88 Å². The molecule has 1 aromatic heterocycles. The summed E-state index contributed by atoms with van der Waals surface area (Å²) in [6, 6.07) is 8.69. The standard InChI is InChI=1S/C21H21NO4S/c1-2-13-7-8-17-14(11-13)12-18(27-17)21(25)26-10-9-22-19(23)15-5-3-4-6-16(15)20(22)24/h3-6,12-13H,2,7-11H2,1H3/t13-/m1/s1. The lowest BCUT2D eigenvalue weighted by Gasteiger charge is -2.19. The predicted molar refractivity (Wildman–Crippen MR) is 102 cm³/mol. The first kappa shape index (κ1) is 17.9. The fourth-order valence-electron chi connectivity index (χ4n) is 3.79. The van der Waals surface area contributed by atoms with E-state index < -0.39 is 0 Å². The Balaban J connectivity index is 1.35. The number of ether oxygens (including phenoxy) is 1. The number of aryl methyl sites for hydroxylation is 1. The molecule has 5 nitrogen and oxygen atoms in total. The maximum atomic E-state index is 12.4. The van der Waals surface area contributed by atoms with E-state index in [1.54, 1.807) is 24.3 Å². The molecule has 140 valence electrons. The van der Waals surface area contributed by atoms with Crippen molar-refractivity contribution in [3.8, 4) is 0 Å². The number of carbonyl (C=O) groups excluding carboxylic acids is 3. The summed E-state index contributed by atoms with van der Waals surface area (Å²) in [5.41, 5.74) is 2.08. The van der Waals surface area contributed by atoms with Gasteiger partial charge in [0.05, 0.1) is 17.7 Å². The topological polar surface area (TPSA) is 63.7 Å². The lowest BCUT2D eigenvalue weighted by atomic mass is 9.87. The fraction of sp³-hybridized carbons (Fsp3) is 0.381. The van der Waals surface area contributed by atoms with E-state index >= 15 is 0 Å². The fourth-order valence-corrected chi connectivity index (χ4v) is 4.89. The number of rotatable bonds is 5. The Bertz CT molecular complexity index is 882. The van der Waals surface area contributed by atoms with Crippen molar-refractivity contribution < 1.29 is 19.1 Å². The second-order valence-electron chi connectivity index (χ2n) is 7.02. The Morgan fingerprint density at radius 3 is 2.59 bits per heavy atom. The van der Waals surface area contributed by atoms with Crippen LogP contribution >= 0.6 is 11.3 Å². The molecule has 0 fully saturated rings. The van der Waals surface area contributed by atoms with Crippen LogP contribution in [0.3, 0.4) is 0 Å². The number of hydrogen-bond acceptors (Lipinski definition) is 5. The normalized spacial score (nSPS) is 18.4. The summed E-state index contributed by atoms with van der Waals surface area (Å²) >= 11 is 1.51. The van der Waals surface area contributed by atoms with Crippen molar-refractivity contribution in [3.05, 3.63) is 56.8 Å². The molecule has 0 radical (unpaired) electrons. The number of esters is 1. The molecule has 0 saturated carbocycles. The first-order chi connectivity index (χ1) is 13.1. The number of nitrogens with zero attached hydrogens (tertiary/aromatic N) is 1. The van der Waals surface area contributed by atoms with Crippen LogP contribution in [-0.2, 0) is 17.6 Å². The van der Waals surface area contributed by atoms with Crippen LogP contribution < -0.4 is 0 Å². The lowest BCUT2D eigenvalue weighted by molar-refractivity contribution is 0.0424. The Labute approximate surface area is 161 Å². The molecule has 2 aromatic rings. The molecular formula is C21H21NO4S. The highest BCUT2D eigenvalue weighted by atomic mass is 32.1. The van der Waals surface area contributed by atoms with Crippen LogP contribution in [-0.4, -0.2) is 35.8 Å². The van der Waals surface area contributed by atoms with E-state index in [-0.39, 0.29) is 30.9 Å². The molecule has 0 spiro atoms. The van der Waals surface area contributed by atoms with Crippen molar-refractivity contribution in [2.24, 2.45) is 5.92 Å². The van der Waals surface area contributed by atoms with Gasteiger partial charge in [0.1, 0.15) is 11.5 Å². The molecule has 1 aliphatic carbocycles. The third-order valence-corrected chi connectivity index (χ3v) is 6.61. The Hall–Kier alpha value is -2.47. The van der Waals surface area contributed by atoms with Crippen LogP contribution in [0.5, 0.6) is 0 Å². The minimum atomic E-state index is -0.376. The third kappa shape index (κ3) is 3.30. The highest BCUT2D eigenvalue weighted by Gasteiger charge is 2.35. The van der Waals surface area contributed by atoms with Crippen molar-refractivity contribution in [1.82, 2.24) is 4.90 Å². The molecule has 0 saturated heterocycles. The van der Waals surface area contributed by atoms with Crippen LogP contribution in [0.1, 0.15) is 60.6 Å². The zero-order chi connectivity index (χ0) is 19.0. The molecular weight excluding hydrogens is 362 g/mol. The minimum Gasteiger partial charge on any atom is -0.460 e. The summed E-state index contributed by atoms with van der Waals surface area (Å²) in [6.07, 6.45) is 4.40. The van der Waals surface area contributed by atoms with E-state index in [4.69, 9.17) is 4.74 Å². The van der Waals surface area contributed by atoms with Gasteiger partial charge in [-0.25, -0.2) is 4.79 Å². The van der Waals surface area contributed by atoms with Gasteiger partial charge in [0.2, 0.25) is 0 Å². The maximum Gasteiger partial charge on any atom is 0.348 e. The molecule has 2 amide bonds. The monoisotopic (exact) mass is 383 g/mol. The van der Waals surface area contributed by atoms with Gasteiger partial charge >= 0.3 is 5.97 Å². The lowest BCUT2D eigenvalue weighted by Crippen LogP contribution is -2.33. The molecule has 2 heterocycles. The summed E-state index contributed by atoms with van der Waals surface area (Å²) in [4.78, 5) is 40.0. The van der Waals surface area contributed by atoms with E-state index in [1.165, 1.54) is 28.2 Å². The highest BCUT2D eigenvalue weighted by Crippen LogP contribution is 2.33. The zero-order valence-electron chi connectivity index (χ0n) is 15.2. The van der Waals surface area contributed by atoms with Crippen LogP contribution in [0.4, 0.5) is 0 Å². The quantitative estimate of drug-likeness (QED) is 0.583. The number of carbonyl (C=O) groups is 3. The summed E-state index contributed by atoms with van der Waals surface area (Å²) in [7, 11) is 0. The van der Waals surface area contributed by atoms with Crippen LogP contribution in [0.15, 0.2) is 30.3 Å². The van der Waals surface area contributed by atoms with Gasteiger partial charge < -0.3 is 4.74 Å². The number of fused-ring (bicyclic) bond motifs is 2. The Morgan fingerprint density at radius 2 is 1.93 bits per heavy atom. The second-order valence-corrected chi connectivity index (χ2v) is 8.16. The van der Waals surface area contributed by atoms with Crippen molar-refractivity contribution in [2.75, 3.05) is 13.2 Å². The molecule has 1 aromatic carbocycles. The molecule has 0 bridgehead atoms. The summed E-state index contributed by atoms with van der Waals surface area (Å²) < 4.78 is 5.34. The van der Waals surface area contributed by atoms with Gasteiger partial charge in [-0.2, -0.15) is 0 Å². The average Bonchev–Trinajstić information content (AvgIpc) is 3.22. The first-order valence-electron chi connectivity index (χ1n) is 9.32. The molecule has 1 atom stereocenters. The summed E-state index contributed by atoms with van der Waals surface area (Å²) in [6.45, 7) is 2.28. The van der Waals surface area contributed by atoms with Gasteiger partial charge in [-0.05, 0) is 48.9 Å². The van der Waals surface area contributed by atoms with Gasteiger partial charge in [-0.1, -0.05) is 25.5 Å². The van der Waals surface area contributed by atoms with Crippen LogP contribution in [0.2, 0.25) is 0 Å². The molecule has 0 unspecified atom stereocenters. The number of hydrogen-bond donors (Lipinski definition) is 0. The molecule has 27 heavy (non-hydrogen) atoms. The van der Waals surface area contributed by atoms with Crippen molar-refractivity contribution >= 4 is 29.1 Å². The average molecular weight is 383 g/mol. The summed E-state index contributed by atoms with van der Waals surface area (Å²) in [5, 5.41) is 0. The second kappa shape index (κ2) is 7.27. The van der Waals surface area contributed by atoms with Gasteiger partial charge in [0.15, 0.2) is 0 Å². The first-order valence-corrected chi connectivity index (χ1v) is 10.1. The summed E-state index contributed by atoms with van der Waals surface area (Å²) in [5.74, 6) is -0.337. The zero-order valence-corrected chi connectivity index (χ0v) is 16.0. The number of imide groups is 1. The van der Waals surface area contributed by atoms with Crippen molar-refractivity contribution in [3.63, 3.8) is 0 Å². The minimum absolute atomic E-state index is 0.00442. The Kier molecular flexibility index (Phi) is 4.83. The van der Waals surface area contributed by atoms with Gasteiger partial charge in [-0.15, -0.1) is 11.3 Å². The van der Waals surface area contributed by atoms with E-state index in [1.807, 2.05) is 6.07 Å². The number of thiophene rings is 1. The largest absolute Gasteiger partial charge is 0.460 e. The van der Waals surface area contributed by atoms with Crippen molar-refractivity contribution in [2.45, 2.75) is 32.6 Å². The molecule has 4 rings (SSSR count). The van der Waals surface area contributed by atoms with E-state index in [9.17, 15) is 14.4 Å². The van der Waals surface area contributed by atoms with Crippen molar-refractivity contribution in [1.29, 1.82) is 0 Å². The number of benzene rings is 1. The van der Waals surface area contributed by atoms with E-state index in [0.29, 0.717) is 21.9 Å². The van der Waals surface area contributed by atoms with E-state index in [0.717, 1.165) is 24.2 Å². The van der Waals surface area contributed by atoms with Crippen LogP contribution in [0, 0.1) is 5.92 Å². The molecule has 0 N–H and O–H groups in total. The molecule has 1 aliphatic heterocycles. The highest BCUT2D eigenvalue weighted by molar-refractivity contribution is 7.14. The van der Waals surface area contributed by atoms with E-state index in [2.05, 4.69) is 6.92 Å². The van der Waals surface area contributed by atoms with Crippen LogP contribution in [0.25, 0.3) is 0 Å². The molecule has 6 heteroatoms. The smallest absolute Gasteiger partial charge is 0.348 e. The SMILES string of the molecule is CC[C@@H]1CCc2sc(C(=O)OCCN3C(=O)c4ccccc4C3=O)cc2C1. The van der Waals surface area contributed by atoms with Gasteiger partial charge in [-0.3, -0.25) is 14.5 Å². The maximum absolute atomic E-state index is 12.4. The van der Waals surface area contributed by atoms with Gasteiger partial charge in [0.25, 0.3) is 11.8 Å². The molecule has 2 aliphatic rings.